The molecule has 0 aliphatic carbocycles. The molecular formula is C16H29N3O2. The Bertz CT molecular complexity index is 369. The first kappa shape index (κ1) is 17.7. The number of nitrogens with zero attached hydrogens (tertiary/aromatic N) is 1. The first-order valence-corrected chi connectivity index (χ1v) is 7.86. The Balaban J connectivity index is 2.54. The standard InChI is InChI=1S/C16H29N3O2/c1-5-9-17-16(21)18-15(20)11-19-10-8-13(4)6-7-14(19)12(2)3/h5,12-14H,1,6-11H2,2-4H3,(H2,17,18,20,21). The van der Waals surface area contributed by atoms with E-state index in [1.807, 2.05) is 0 Å². The van der Waals surface area contributed by atoms with Gasteiger partial charge in [0.15, 0.2) is 0 Å². The van der Waals surface area contributed by atoms with Crippen LogP contribution in [-0.4, -0.2) is 42.5 Å². The minimum Gasteiger partial charge on any atom is -0.334 e. The molecule has 1 fully saturated rings. The van der Waals surface area contributed by atoms with E-state index in [1.165, 1.54) is 6.42 Å². The summed E-state index contributed by atoms with van der Waals surface area (Å²) in [6, 6.07) is -0.0406. The number of imide groups is 1. The number of rotatable bonds is 5. The SMILES string of the molecule is C=CCNC(=O)NC(=O)CN1CCC(C)CCC1C(C)C. The fourth-order valence-corrected chi connectivity index (χ4v) is 2.85. The molecule has 0 radical (unpaired) electrons. The molecule has 2 unspecified atom stereocenters. The van der Waals surface area contributed by atoms with Crippen molar-refractivity contribution in [3.8, 4) is 0 Å². The second-order valence-electron chi connectivity index (χ2n) is 6.30. The Morgan fingerprint density at radius 2 is 2.05 bits per heavy atom. The molecule has 0 spiro atoms. The third kappa shape index (κ3) is 6.29. The predicted octanol–water partition coefficient (Wildman–Crippen LogP) is 2.14. The molecule has 1 aliphatic rings. The maximum atomic E-state index is 12.0. The molecule has 1 rings (SSSR count). The monoisotopic (exact) mass is 295 g/mol. The number of carbonyl (C=O) groups is 2. The molecule has 0 aromatic heterocycles. The highest BCUT2D eigenvalue weighted by molar-refractivity contribution is 5.95. The van der Waals surface area contributed by atoms with Crippen LogP contribution in [0.25, 0.3) is 0 Å². The van der Waals surface area contributed by atoms with Gasteiger partial charge in [0.1, 0.15) is 0 Å². The summed E-state index contributed by atoms with van der Waals surface area (Å²) in [5, 5.41) is 4.92. The molecule has 5 heteroatoms. The van der Waals surface area contributed by atoms with Gasteiger partial charge in [-0.1, -0.05) is 26.8 Å². The Morgan fingerprint density at radius 3 is 2.67 bits per heavy atom. The Labute approximate surface area is 128 Å². The van der Waals surface area contributed by atoms with E-state index in [4.69, 9.17) is 0 Å². The summed E-state index contributed by atoms with van der Waals surface area (Å²) in [5.74, 6) is 0.977. The van der Waals surface area contributed by atoms with Crippen LogP contribution in [0.2, 0.25) is 0 Å². The Hall–Kier alpha value is -1.36. The van der Waals surface area contributed by atoms with Crippen LogP contribution in [0.4, 0.5) is 4.79 Å². The van der Waals surface area contributed by atoms with Crippen LogP contribution in [-0.2, 0) is 4.79 Å². The highest BCUT2D eigenvalue weighted by atomic mass is 16.2. The second kappa shape index (κ2) is 8.82. The van der Waals surface area contributed by atoms with Crippen LogP contribution < -0.4 is 10.6 Å². The number of hydrogen-bond donors (Lipinski definition) is 2. The van der Waals surface area contributed by atoms with Crippen LogP contribution in [0.5, 0.6) is 0 Å². The average Bonchev–Trinajstić information content (AvgIpc) is 2.58. The van der Waals surface area contributed by atoms with Gasteiger partial charge < -0.3 is 5.32 Å². The summed E-state index contributed by atoms with van der Waals surface area (Å²) in [6.07, 6.45) is 5.02. The lowest BCUT2D eigenvalue weighted by molar-refractivity contribution is -0.121. The van der Waals surface area contributed by atoms with Crippen molar-refractivity contribution in [2.45, 2.75) is 46.1 Å². The molecule has 0 saturated carbocycles. The molecule has 3 amide bonds. The molecule has 1 saturated heterocycles. The van der Waals surface area contributed by atoms with Gasteiger partial charge in [0.25, 0.3) is 0 Å². The van der Waals surface area contributed by atoms with Crippen molar-refractivity contribution in [3.05, 3.63) is 12.7 Å². The van der Waals surface area contributed by atoms with Crippen LogP contribution in [0.3, 0.4) is 0 Å². The van der Waals surface area contributed by atoms with Crippen LogP contribution in [0, 0.1) is 11.8 Å². The quantitative estimate of drug-likeness (QED) is 0.764. The predicted molar refractivity (Wildman–Crippen MR) is 85.0 cm³/mol. The summed E-state index contributed by atoms with van der Waals surface area (Å²) < 4.78 is 0. The van der Waals surface area contributed by atoms with Gasteiger partial charge in [-0.3, -0.25) is 15.0 Å². The summed E-state index contributed by atoms with van der Waals surface area (Å²) in [4.78, 5) is 25.7. The molecule has 2 atom stereocenters. The normalized spacial score (nSPS) is 23.4. The minimum absolute atomic E-state index is 0.239. The van der Waals surface area contributed by atoms with Gasteiger partial charge in [-0.05, 0) is 37.6 Å². The van der Waals surface area contributed by atoms with E-state index in [0.29, 0.717) is 24.4 Å². The first-order chi connectivity index (χ1) is 9.93. The highest BCUT2D eigenvalue weighted by Gasteiger charge is 2.27. The first-order valence-electron chi connectivity index (χ1n) is 7.86. The van der Waals surface area contributed by atoms with Gasteiger partial charge in [-0.25, -0.2) is 4.79 Å². The van der Waals surface area contributed by atoms with E-state index in [-0.39, 0.29) is 12.5 Å². The zero-order valence-corrected chi connectivity index (χ0v) is 13.5. The topological polar surface area (TPSA) is 61.4 Å². The number of urea groups is 1. The van der Waals surface area contributed by atoms with Gasteiger partial charge in [0, 0.05) is 12.6 Å². The van der Waals surface area contributed by atoms with Gasteiger partial charge in [0.05, 0.1) is 6.54 Å². The van der Waals surface area contributed by atoms with Gasteiger partial charge in [-0.2, -0.15) is 0 Å². The third-order valence-corrected chi connectivity index (χ3v) is 4.11. The van der Waals surface area contributed by atoms with Gasteiger partial charge in [0.2, 0.25) is 5.91 Å². The van der Waals surface area contributed by atoms with Crippen molar-refractivity contribution in [2.24, 2.45) is 11.8 Å². The summed E-state index contributed by atoms with van der Waals surface area (Å²) >= 11 is 0. The molecule has 2 N–H and O–H groups in total. The summed E-state index contributed by atoms with van der Waals surface area (Å²) in [5.41, 5.74) is 0. The van der Waals surface area contributed by atoms with Crippen molar-refractivity contribution in [1.82, 2.24) is 15.5 Å². The Morgan fingerprint density at radius 1 is 1.33 bits per heavy atom. The molecule has 0 aromatic carbocycles. The zero-order chi connectivity index (χ0) is 15.8. The van der Waals surface area contributed by atoms with E-state index >= 15 is 0 Å². The van der Waals surface area contributed by atoms with E-state index in [2.05, 4.69) is 42.9 Å². The maximum Gasteiger partial charge on any atom is 0.321 e. The average molecular weight is 295 g/mol. The summed E-state index contributed by atoms with van der Waals surface area (Å²) in [7, 11) is 0. The Kier molecular flexibility index (Phi) is 7.43. The van der Waals surface area contributed by atoms with Crippen molar-refractivity contribution in [2.75, 3.05) is 19.6 Å². The van der Waals surface area contributed by atoms with Crippen LogP contribution in [0.1, 0.15) is 40.0 Å². The molecule has 1 aliphatic heterocycles. The van der Waals surface area contributed by atoms with Gasteiger partial charge in [-0.15, -0.1) is 6.58 Å². The molecule has 1 heterocycles. The molecule has 5 nitrogen and oxygen atoms in total. The molecule has 120 valence electrons. The lowest BCUT2D eigenvalue weighted by atomic mass is 9.95. The number of amides is 3. The summed E-state index contributed by atoms with van der Waals surface area (Å²) in [6.45, 7) is 11.7. The molecular weight excluding hydrogens is 266 g/mol. The lowest BCUT2D eigenvalue weighted by Crippen LogP contribution is -2.48. The minimum atomic E-state index is -0.454. The van der Waals surface area contributed by atoms with Crippen LogP contribution >= 0.6 is 0 Å². The van der Waals surface area contributed by atoms with Crippen molar-refractivity contribution in [1.29, 1.82) is 0 Å². The number of likely N-dealkylation sites (tertiary alicyclic amines) is 1. The number of nitrogens with one attached hydrogen (secondary N) is 2. The fraction of sp³-hybridized carbons (Fsp3) is 0.750. The lowest BCUT2D eigenvalue weighted by Gasteiger charge is -2.32. The van der Waals surface area contributed by atoms with E-state index < -0.39 is 6.03 Å². The van der Waals surface area contributed by atoms with Gasteiger partial charge >= 0.3 is 6.03 Å². The zero-order valence-electron chi connectivity index (χ0n) is 13.5. The smallest absolute Gasteiger partial charge is 0.321 e. The number of hydrogen-bond acceptors (Lipinski definition) is 3. The third-order valence-electron chi connectivity index (χ3n) is 4.11. The van der Waals surface area contributed by atoms with Crippen LogP contribution in [0.15, 0.2) is 12.7 Å². The fourth-order valence-electron chi connectivity index (χ4n) is 2.85. The molecule has 0 bridgehead atoms. The molecule has 21 heavy (non-hydrogen) atoms. The van der Waals surface area contributed by atoms with E-state index in [9.17, 15) is 9.59 Å². The molecule has 0 aromatic rings. The van der Waals surface area contributed by atoms with E-state index in [1.54, 1.807) is 6.08 Å². The highest BCUT2D eigenvalue weighted by Crippen LogP contribution is 2.25. The number of carbonyl (C=O) groups excluding carboxylic acids is 2. The van der Waals surface area contributed by atoms with Crippen molar-refractivity contribution in [3.63, 3.8) is 0 Å². The van der Waals surface area contributed by atoms with Crippen molar-refractivity contribution < 1.29 is 9.59 Å². The maximum absolute atomic E-state index is 12.0. The largest absolute Gasteiger partial charge is 0.334 e. The van der Waals surface area contributed by atoms with E-state index in [0.717, 1.165) is 19.4 Å². The van der Waals surface area contributed by atoms with Crippen molar-refractivity contribution >= 4 is 11.9 Å². The second-order valence-corrected chi connectivity index (χ2v) is 6.30.